The van der Waals surface area contributed by atoms with Gasteiger partial charge in [0.25, 0.3) is 10.2 Å². The van der Waals surface area contributed by atoms with Crippen LogP contribution in [-0.2, 0) is 10.2 Å². The van der Waals surface area contributed by atoms with Crippen LogP contribution in [0.3, 0.4) is 0 Å². The standard InChI is InChI=1S/C18H38N2O2S/c1-3-5-7-9-11-13-17(14-12-10-8-6-4-2)20(18-15-16-18)23(19,21)22/h17-18H,3-16H2,1-2H3,(H2,19,21,22). The van der Waals surface area contributed by atoms with Crippen LogP contribution < -0.4 is 5.14 Å². The molecule has 5 heteroatoms. The second-order valence-electron chi connectivity index (χ2n) is 7.17. The lowest BCUT2D eigenvalue weighted by Gasteiger charge is -2.29. The van der Waals surface area contributed by atoms with Crippen LogP contribution in [0.1, 0.15) is 104 Å². The zero-order valence-electron chi connectivity index (χ0n) is 15.3. The Bertz CT molecular complexity index is 380. The van der Waals surface area contributed by atoms with Crippen LogP contribution in [0.15, 0.2) is 0 Å². The highest BCUT2D eigenvalue weighted by molar-refractivity contribution is 7.86. The van der Waals surface area contributed by atoms with E-state index in [1.54, 1.807) is 4.31 Å². The molecule has 4 nitrogen and oxygen atoms in total. The van der Waals surface area contributed by atoms with Gasteiger partial charge in [0.2, 0.25) is 0 Å². The van der Waals surface area contributed by atoms with Gasteiger partial charge in [0, 0.05) is 12.1 Å². The van der Waals surface area contributed by atoms with Crippen molar-refractivity contribution in [1.29, 1.82) is 0 Å². The molecule has 0 amide bonds. The van der Waals surface area contributed by atoms with Crippen LogP contribution in [0, 0.1) is 0 Å². The molecule has 0 bridgehead atoms. The van der Waals surface area contributed by atoms with Gasteiger partial charge in [-0.05, 0) is 25.7 Å². The predicted molar refractivity (Wildman–Crippen MR) is 98.5 cm³/mol. The van der Waals surface area contributed by atoms with Crippen LogP contribution in [-0.4, -0.2) is 24.8 Å². The first-order chi connectivity index (χ1) is 11.0. The third kappa shape index (κ3) is 9.06. The molecule has 0 heterocycles. The van der Waals surface area contributed by atoms with E-state index in [2.05, 4.69) is 13.8 Å². The molecule has 1 rings (SSSR count). The summed E-state index contributed by atoms with van der Waals surface area (Å²) in [5, 5.41) is 5.52. The van der Waals surface area contributed by atoms with Gasteiger partial charge in [0.1, 0.15) is 0 Å². The first kappa shape index (κ1) is 20.9. The Kier molecular flexibility index (Phi) is 10.4. The Morgan fingerprint density at radius 2 is 1.30 bits per heavy atom. The summed E-state index contributed by atoms with van der Waals surface area (Å²) in [5.74, 6) is 0. The Hall–Kier alpha value is -0.130. The fraction of sp³-hybridized carbons (Fsp3) is 1.00. The first-order valence-electron chi connectivity index (χ1n) is 9.82. The highest BCUT2D eigenvalue weighted by Gasteiger charge is 2.39. The van der Waals surface area contributed by atoms with Crippen molar-refractivity contribution in [3.05, 3.63) is 0 Å². The smallest absolute Gasteiger partial charge is 0.216 e. The van der Waals surface area contributed by atoms with Gasteiger partial charge in [-0.15, -0.1) is 0 Å². The molecule has 138 valence electrons. The fourth-order valence-electron chi connectivity index (χ4n) is 3.41. The van der Waals surface area contributed by atoms with Gasteiger partial charge in [-0.3, -0.25) is 0 Å². The molecule has 2 N–H and O–H groups in total. The maximum absolute atomic E-state index is 12.0. The molecule has 0 unspecified atom stereocenters. The third-order valence-corrected chi connectivity index (χ3v) is 6.03. The molecule has 0 saturated heterocycles. The minimum Gasteiger partial charge on any atom is -0.216 e. The highest BCUT2D eigenvalue weighted by atomic mass is 32.2. The fourth-order valence-corrected chi connectivity index (χ4v) is 4.66. The van der Waals surface area contributed by atoms with E-state index >= 15 is 0 Å². The molecule has 1 fully saturated rings. The minimum absolute atomic E-state index is 0.126. The molecule has 0 aromatic carbocycles. The van der Waals surface area contributed by atoms with Crippen molar-refractivity contribution in [2.45, 2.75) is 116 Å². The van der Waals surface area contributed by atoms with E-state index in [1.807, 2.05) is 0 Å². The molecule has 0 radical (unpaired) electrons. The van der Waals surface area contributed by atoms with Gasteiger partial charge in [0.15, 0.2) is 0 Å². The largest absolute Gasteiger partial charge is 0.277 e. The lowest BCUT2D eigenvalue weighted by Crippen LogP contribution is -2.45. The quantitative estimate of drug-likeness (QED) is 0.435. The van der Waals surface area contributed by atoms with Crippen molar-refractivity contribution in [3.8, 4) is 0 Å². The van der Waals surface area contributed by atoms with Crippen LogP contribution in [0.5, 0.6) is 0 Å². The van der Waals surface area contributed by atoms with Gasteiger partial charge >= 0.3 is 0 Å². The van der Waals surface area contributed by atoms with Crippen LogP contribution in [0.25, 0.3) is 0 Å². The molecular weight excluding hydrogens is 308 g/mol. The Balaban J connectivity index is 2.48. The normalized spacial score (nSPS) is 15.7. The summed E-state index contributed by atoms with van der Waals surface area (Å²) in [6.45, 7) is 4.43. The van der Waals surface area contributed by atoms with Crippen molar-refractivity contribution < 1.29 is 8.42 Å². The van der Waals surface area contributed by atoms with Crippen molar-refractivity contribution in [2.75, 3.05) is 0 Å². The predicted octanol–water partition coefficient (Wildman–Crippen LogP) is 4.74. The molecular formula is C18H38N2O2S. The summed E-state index contributed by atoms with van der Waals surface area (Å²) in [6.07, 6.45) is 16.2. The highest BCUT2D eigenvalue weighted by Crippen LogP contribution is 2.33. The van der Waals surface area contributed by atoms with Gasteiger partial charge in [-0.1, -0.05) is 78.1 Å². The molecule has 1 aliphatic carbocycles. The van der Waals surface area contributed by atoms with Gasteiger partial charge in [0.05, 0.1) is 0 Å². The number of nitrogens with two attached hydrogens (primary N) is 1. The monoisotopic (exact) mass is 346 g/mol. The van der Waals surface area contributed by atoms with Crippen molar-refractivity contribution >= 4 is 10.2 Å². The number of hydrogen-bond acceptors (Lipinski definition) is 2. The van der Waals surface area contributed by atoms with Crippen molar-refractivity contribution in [3.63, 3.8) is 0 Å². The number of nitrogens with zero attached hydrogens (tertiary/aromatic N) is 1. The second kappa shape index (κ2) is 11.4. The zero-order valence-corrected chi connectivity index (χ0v) is 16.1. The van der Waals surface area contributed by atoms with E-state index in [9.17, 15) is 8.42 Å². The number of hydrogen-bond donors (Lipinski definition) is 1. The van der Waals surface area contributed by atoms with E-state index in [-0.39, 0.29) is 12.1 Å². The van der Waals surface area contributed by atoms with Crippen molar-refractivity contribution in [2.24, 2.45) is 5.14 Å². The molecule has 1 aliphatic rings. The zero-order chi connectivity index (χ0) is 17.1. The molecule has 0 aliphatic heterocycles. The average molecular weight is 347 g/mol. The summed E-state index contributed by atoms with van der Waals surface area (Å²) in [6, 6.07) is 0.307. The summed E-state index contributed by atoms with van der Waals surface area (Å²) in [7, 11) is -3.56. The average Bonchev–Trinajstić information content (AvgIpc) is 3.29. The topological polar surface area (TPSA) is 63.4 Å². The van der Waals surface area contributed by atoms with Crippen LogP contribution in [0.4, 0.5) is 0 Å². The minimum atomic E-state index is -3.56. The summed E-state index contributed by atoms with van der Waals surface area (Å²) < 4.78 is 25.7. The van der Waals surface area contributed by atoms with Gasteiger partial charge < -0.3 is 0 Å². The van der Waals surface area contributed by atoms with E-state index in [0.717, 1.165) is 38.5 Å². The molecule has 1 saturated carbocycles. The van der Waals surface area contributed by atoms with E-state index in [0.29, 0.717) is 0 Å². The number of rotatable bonds is 15. The lowest BCUT2D eigenvalue weighted by molar-refractivity contribution is 0.269. The Morgan fingerprint density at radius 3 is 1.65 bits per heavy atom. The molecule has 0 aromatic rings. The van der Waals surface area contributed by atoms with E-state index in [4.69, 9.17) is 5.14 Å². The second-order valence-corrected chi connectivity index (χ2v) is 8.62. The van der Waals surface area contributed by atoms with Crippen molar-refractivity contribution in [1.82, 2.24) is 4.31 Å². The molecule has 0 atom stereocenters. The first-order valence-corrected chi connectivity index (χ1v) is 11.3. The SMILES string of the molecule is CCCCCCCC(CCCCCCC)N(C1CC1)S(N)(=O)=O. The molecule has 23 heavy (non-hydrogen) atoms. The van der Waals surface area contributed by atoms with E-state index in [1.165, 1.54) is 51.4 Å². The van der Waals surface area contributed by atoms with Gasteiger partial charge in [-0.2, -0.15) is 12.7 Å². The summed E-state index contributed by atoms with van der Waals surface area (Å²) >= 11 is 0. The maximum atomic E-state index is 12.0. The number of unbranched alkanes of at least 4 members (excludes halogenated alkanes) is 8. The third-order valence-electron chi connectivity index (χ3n) is 4.84. The van der Waals surface area contributed by atoms with E-state index < -0.39 is 10.2 Å². The molecule has 0 spiro atoms. The Morgan fingerprint density at radius 1 is 0.870 bits per heavy atom. The molecule has 0 aromatic heterocycles. The lowest BCUT2D eigenvalue weighted by atomic mass is 10.0. The maximum Gasteiger partial charge on any atom is 0.277 e. The van der Waals surface area contributed by atoms with Crippen LogP contribution >= 0.6 is 0 Å². The van der Waals surface area contributed by atoms with Crippen LogP contribution in [0.2, 0.25) is 0 Å². The summed E-state index contributed by atoms with van der Waals surface area (Å²) in [5.41, 5.74) is 0. The van der Waals surface area contributed by atoms with Gasteiger partial charge in [-0.25, -0.2) is 5.14 Å². The summed E-state index contributed by atoms with van der Waals surface area (Å²) in [4.78, 5) is 0. The Labute approximate surface area is 144 Å².